The van der Waals surface area contributed by atoms with E-state index in [1.165, 1.54) is 16.7 Å². The molecule has 2 rings (SSSR count). The highest BCUT2D eigenvalue weighted by Gasteiger charge is 2.41. The van der Waals surface area contributed by atoms with Crippen LogP contribution in [0.4, 0.5) is 0 Å². The Labute approximate surface area is 116 Å². The van der Waals surface area contributed by atoms with Gasteiger partial charge in [0.05, 0.1) is 12.1 Å². The van der Waals surface area contributed by atoms with E-state index in [9.17, 15) is 0 Å². The van der Waals surface area contributed by atoms with Crippen LogP contribution in [0.15, 0.2) is 23.2 Å². The molecule has 0 saturated carbocycles. The van der Waals surface area contributed by atoms with Gasteiger partial charge in [0.15, 0.2) is 5.96 Å². The molecule has 19 heavy (non-hydrogen) atoms. The first-order chi connectivity index (χ1) is 8.90. The quantitative estimate of drug-likeness (QED) is 0.906. The maximum absolute atomic E-state index is 6.11. The molecule has 3 nitrogen and oxygen atoms in total. The molecule has 0 saturated heterocycles. The van der Waals surface area contributed by atoms with Gasteiger partial charge in [-0.3, -0.25) is 4.99 Å². The van der Waals surface area contributed by atoms with Crippen molar-refractivity contribution in [3.63, 3.8) is 0 Å². The van der Waals surface area contributed by atoms with Gasteiger partial charge in [-0.2, -0.15) is 0 Å². The summed E-state index contributed by atoms with van der Waals surface area (Å²) in [6, 6.07) is 7.09. The summed E-state index contributed by atoms with van der Waals surface area (Å²) in [5.41, 5.74) is 9.96. The standard InChI is InChI=1S/C16H25N3/c1-6-13(4)19-15(17)18-10-16(19,5)14-8-7-11(2)12(3)9-14/h7-9,13H,6,10H2,1-5H3,(H2,17,18). The zero-order valence-corrected chi connectivity index (χ0v) is 12.7. The van der Waals surface area contributed by atoms with Crippen molar-refractivity contribution in [2.24, 2.45) is 10.7 Å². The third kappa shape index (κ3) is 2.22. The molecule has 1 aromatic rings. The average Bonchev–Trinajstić information content (AvgIpc) is 2.69. The molecule has 1 aliphatic rings. The number of benzene rings is 1. The second-order valence-corrected chi connectivity index (χ2v) is 5.87. The van der Waals surface area contributed by atoms with Crippen molar-refractivity contribution in [2.45, 2.75) is 52.6 Å². The highest BCUT2D eigenvalue weighted by Crippen LogP contribution is 2.35. The van der Waals surface area contributed by atoms with Crippen molar-refractivity contribution < 1.29 is 0 Å². The van der Waals surface area contributed by atoms with Crippen LogP contribution in [-0.4, -0.2) is 23.4 Å². The summed E-state index contributed by atoms with van der Waals surface area (Å²) >= 11 is 0. The molecule has 1 aromatic carbocycles. The fourth-order valence-electron chi connectivity index (χ4n) is 2.84. The van der Waals surface area contributed by atoms with Crippen molar-refractivity contribution in [1.29, 1.82) is 0 Å². The van der Waals surface area contributed by atoms with Crippen LogP contribution < -0.4 is 5.73 Å². The molecule has 104 valence electrons. The van der Waals surface area contributed by atoms with E-state index in [4.69, 9.17) is 5.73 Å². The van der Waals surface area contributed by atoms with Gasteiger partial charge < -0.3 is 10.6 Å². The summed E-state index contributed by atoms with van der Waals surface area (Å²) in [6.07, 6.45) is 1.07. The lowest BCUT2D eigenvalue weighted by atomic mass is 9.87. The Morgan fingerprint density at radius 3 is 2.63 bits per heavy atom. The first-order valence-electron chi connectivity index (χ1n) is 7.07. The van der Waals surface area contributed by atoms with Crippen LogP contribution in [0.5, 0.6) is 0 Å². The zero-order chi connectivity index (χ0) is 14.2. The normalized spacial score (nSPS) is 24.5. The van der Waals surface area contributed by atoms with Crippen LogP contribution in [0.3, 0.4) is 0 Å². The SMILES string of the molecule is CCC(C)N1C(N)=NCC1(C)c1ccc(C)c(C)c1. The summed E-state index contributed by atoms with van der Waals surface area (Å²) in [6.45, 7) is 11.7. The number of nitrogens with two attached hydrogens (primary N) is 1. The number of nitrogens with zero attached hydrogens (tertiary/aromatic N) is 2. The molecule has 1 heterocycles. The highest BCUT2D eigenvalue weighted by molar-refractivity contribution is 5.81. The Morgan fingerprint density at radius 1 is 1.37 bits per heavy atom. The molecule has 3 heteroatoms. The number of rotatable bonds is 3. The van der Waals surface area contributed by atoms with E-state index in [1.54, 1.807) is 0 Å². The van der Waals surface area contributed by atoms with Crippen LogP contribution in [0.25, 0.3) is 0 Å². The first-order valence-corrected chi connectivity index (χ1v) is 7.07. The van der Waals surface area contributed by atoms with Gasteiger partial charge in [-0.15, -0.1) is 0 Å². The fourth-order valence-corrected chi connectivity index (χ4v) is 2.84. The minimum atomic E-state index is -0.113. The first kappa shape index (κ1) is 13.9. The van der Waals surface area contributed by atoms with Crippen LogP contribution >= 0.6 is 0 Å². The molecule has 0 bridgehead atoms. The van der Waals surface area contributed by atoms with Gasteiger partial charge >= 0.3 is 0 Å². The Hall–Kier alpha value is -1.51. The maximum Gasteiger partial charge on any atom is 0.192 e. The van der Waals surface area contributed by atoms with Crippen molar-refractivity contribution in [3.8, 4) is 0 Å². The Morgan fingerprint density at radius 2 is 2.05 bits per heavy atom. The predicted octanol–water partition coefficient (Wildman–Crippen LogP) is 2.95. The van der Waals surface area contributed by atoms with E-state index in [-0.39, 0.29) is 5.54 Å². The van der Waals surface area contributed by atoms with E-state index in [0.717, 1.165) is 13.0 Å². The van der Waals surface area contributed by atoms with Gasteiger partial charge in [0.2, 0.25) is 0 Å². The van der Waals surface area contributed by atoms with Crippen LogP contribution in [0.2, 0.25) is 0 Å². The second kappa shape index (κ2) is 4.87. The van der Waals surface area contributed by atoms with E-state index >= 15 is 0 Å². The number of aliphatic imine (C=N–C) groups is 1. The summed E-state index contributed by atoms with van der Waals surface area (Å²) < 4.78 is 0. The zero-order valence-electron chi connectivity index (χ0n) is 12.7. The monoisotopic (exact) mass is 259 g/mol. The molecular formula is C16H25N3. The lowest BCUT2D eigenvalue weighted by molar-refractivity contribution is 0.171. The van der Waals surface area contributed by atoms with Crippen LogP contribution in [0, 0.1) is 13.8 Å². The predicted molar refractivity (Wildman–Crippen MR) is 81.3 cm³/mol. The third-order valence-electron chi connectivity index (χ3n) is 4.49. The summed E-state index contributed by atoms with van der Waals surface area (Å²) in [7, 11) is 0. The lowest BCUT2D eigenvalue weighted by Crippen LogP contribution is -2.51. The lowest BCUT2D eigenvalue weighted by Gasteiger charge is -2.40. The molecule has 0 fully saturated rings. The van der Waals surface area contributed by atoms with Crippen molar-refractivity contribution >= 4 is 5.96 Å². The fraction of sp³-hybridized carbons (Fsp3) is 0.562. The topological polar surface area (TPSA) is 41.6 Å². The molecule has 2 atom stereocenters. The Kier molecular flexibility index (Phi) is 3.57. The van der Waals surface area contributed by atoms with Crippen molar-refractivity contribution in [3.05, 3.63) is 34.9 Å². The molecular weight excluding hydrogens is 234 g/mol. The molecule has 0 aromatic heterocycles. The minimum Gasteiger partial charge on any atom is -0.370 e. The molecule has 2 N–H and O–H groups in total. The second-order valence-electron chi connectivity index (χ2n) is 5.87. The van der Waals surface area contributed by atoms with Gasteiger partial charge in [-0.05, 0) is 50.8 Å². The van der Waals surface area contributed by atoms with E-state index < -0.39 is 0 Å². The molecule has 1 aliphatic heterocycles. The molecule has 0 radical (unpaired) electrons. The number of aryl methyl sites for hydroxylation is 2. The minimum absolute atomic E-state index is 0.113. The Bertz CT molecular complexity index is 507. The summed E-state index contributed by atoms with van der Waals surface area (Å²) in [4.78, 5) is 6.76. The summed E-state index contributed by atoms with van der Waals surface area (Å²) in [5, 5.41) is 0. The van der Waals surface area contributed by atoms with E-state index in [2.05, 4.69) is 62.7 Å². The van der Waals surface area contributed by atoms with Crippen molar-refractivity contribution in [1.82, 2.24) is 4.90 Å². The van der Waals surface area contributed by atoms with Gasteiger partial charge in [0.25, 0.3) is 0 Å². The highest BCUT2D eigenvalue weighted by atomic mass is 15.4. The third-order valence-corrected chi connectivity index (χ3v) is 4.49. The number of guanidine groups is 1. The Balaban J connectivity index is 2.43. The molecule has 0 aliphatic carbocycles. The van der Waals surface area contributed by atoms with Gasteiger partial charge in [0.1, 0.15) is 0 Å². The largest absolute Gasteiger partial charge is 0.370 e. The van der Waals surface area contributed by atoms with E-state index in [1.807, 2.05) is 0 Å². The van der Waals surface area contributed by atoms with Gasteiger partial charge in [-0.1, -0.05) is 25.1 Å². The number of hydrogen-bond acceptors (Lipinski definition) is 3. The average molecular weight is 259 g/mol. The smallest absolute Gasteiger partial charge is 0.192 e. The molecule has 0 spiro atoms. The molecule has 2 unspecified atom stereocenters. The van der Waals surface area contributed by atoms with Gasteiger partial charge in [-0.25, -0.2) is 0 Å². The van der Waals surface area contributed by atoms with Gasteiger partial charge in [0, 0.05) is 6.04 Å². The van der Waals surface area contributed by atoms with Crippen molar-refractivity contribution in [2.75, 3.05) is 6.54 Å². The van der Waals surface area contributed by atoms with Crippen LogP contribution in [0.1, 0.15) is 43.9 Å². The molecule has 0 amide bonds. The number of hydrogen-bond donors (Lipinski definition) is 1. The van der Waals surface area contributed by atoms with Crippen LogP contribution in [-0.2, 0) is 5.54 Å². The maximum atomic E-state index is 6.11. The summed E-state index contributed by atoms with van der Waals surface area (Å²) in [5.74, 6) is 0.676. The van der Waals surface area contributed by atoms with E-state index in [0.29, 0.717) is 12.0 Å².